The lowest BCUT2D eigenvalue weighted by Crippen LogP contribution is -2.39. The summed E-state index contributed by atoms with van der Waals surface area (Å²) in [5.74, 6) is 1.45. The zero-order valence-corrected chi connectivity index (χ0v) is 12.7. The summed E-state index contributed by atoms with van der Waals surface area (Å²) in [4.78, 5) is 0. The molecule has 3 unspecified atom stereocenters. The number of nitrogens with one attached hydrogen (secondary N) is 1. The second-order valence-corrected chi connectivity index (χ2v) is 6.52. The SMILES string of the molecule is CC(C)C(NC1CCCCCC1C)c1ccccc1. The van der Waals surface area contributed by atoms with Gasteiger partial charge < -0.3 is 5.32 Å². The zero-order chi connectivity index (χ0) is 13.7. The molecule has 2 rings (SSSR count). The van der Waals surface area contributed by atoms with Crippen molar-refractivity contribution in [1.82, 2.24) is 5.32 Å². The van der Waals surface area contributed by atoms with Crippen LogP contribution in [0, 0.1) is 11.8 Å². The van der Waals surface area contributed by atoms with Gasteiger partial charge in [0.2, 0.25) is 0 Å². The van der Waals surface area contributed by atoms with Crippen LogP contribution in [0.15, 0.2) is 30.3 Å². The molecule has 1 aromatic carbocycles. The van der Waals surface area contributed by atoms with Gasteiger partial charge in [0.1, 0.15) is 0 Å². The van der Waals surface area contributed by atoms with Gasteiger partial charge in [-0.25, -0.2) is 0 Å². The summed E-state index contributed by atoms with van der Waals surface area (Å²) in [5, 5.41) is 3.96. The number of rotatable bonds is 4. The maximum absolute atomic E-state index is 3.96. The Labute approximate surface area is 118 Å². The van der Waals surface area contributed by atoms with Gasteiger partial charge in [-0.15, -0.1) is 0 Å². The van der Waals surface area contributed by atoms with Gasteiger partial charge in [0, 0.05) is 12.1 Å². The first-order valence-electron chi connectivity index (χ1n) is 7.99. The van der Waals surface area contributed by atoms with Crippen LogP contribution >= 0.6 is 0 Å². The third kappa shape index (κ3) is 4.07. The van der Waals surface area contributed by atoms with Crippen molar-refractivity contribution in [2.75, 3.05) is 0 Å². The van der Waals surface area contributed by atoms with Gasteiger partial charge in [-0.1, -0.05) is 70.4 Å². The first kappa shape index (κ1) is 14.6. The Morgan fingerprint density at radius 3 is 2.37 bits per heavy atom. The van der Waals surface area contributed by atoms with Gasteiger partial charge in [0.25, 0.3) is 0 Å². The molecule has 0 spiro atoms. The van der Waals surface area contributed by atoms with E-state index in [9.17, 15) is 0 Å². The van der Waals surface area contributed by atoms with E-state index in [0.717, 1.165) is 5.92 Å². The van der Waals surface area contributed by atoms with E-state index in [0.29, 0.717) is 18.0 Å². The summed E-state index contributed by atoms with van der Waals surface area (Å²) in [5.41, 5.74) is 1.44. The molecule has 0 aromatic heterocycles. The maximum Gasteiger partial charge on any atom is 0.0345 e. The molecule has 0 aliphatic heterocycles. The molecule has 0 heterocycles. The summed E-state index contributed by atoms with van der Waals surface area (Å²) in [6.45, 7) is 7.07. The van der Waals surface area contributed by atoms with E-state index in [1.807, 2.05) is 0 Å². The molecule has 1 aromatic rings. The molecule has 1 aliphatic rings. The van der Waals surface area contributed by atoms with Crippen molar-refractivity contribution in [2.24, 2.45) is 11.8 Å². The van der Waals surface area contributed by atoms with Gasteiger partial charge >= 0.3 is 0 Å². The molecular weight excluding hydrogens is 230 g/mol. The third-order valence-corrected chi connectivity index (χ3v) is 4.58. The van der Waals surface area contributed by atoms with Crippen LogP contribution in [0.1, 0.15) is 64.5 Å². The molecule has 106 valence electrons. The monoisotopic (exact) mass is 259 g/mol. The van der Waals surface area contributed by atoms with E-state index in [1.54, 1.807) is 0 Å². The minimum Gasteiger partial charge on any atom is -0.307 e. The lowest BCUT2D eigenvalue weighted by molar-refractivity contribution is 0.286. The van der Waals surface area contributed by atoms with E-state index < -0.39 is 0 Å². The average Bonchev–Trinajstić information content (AvgIpc) is 2.61. The van der Waals surface area contributed by atoms with Crippen molar-refractivity contribution in [3.63, 3.8) is 0 Å². The molecule has 1 heteroatoms. The number of hydrogen-bond donors (Lipinski definition) is 1. The minimum atomic E-state index is 0.492. The third-order valence-electron chi connectivity index (χ3n) is 4.58. The van der Waals surface area contributed by atoms with Crippen molar-refractivity contribution >= 4 is 0 Å². The smallest absolute Gasteiger partial charge is 0.0345 e. The van der Waals surface area contributed by atoms with Crippen LogP contribution in [-0.2, 0) is 0 Å². The Kier molecular flexibility index (Phi) is 5.45. The van der Waals surface area contributed by atoms with E-state index >= 15 is 0 Å². The average molecular weight is 259 g/mol. The van der Waals surface area contributed by atoms with Crippen LogP contribution in [0.3, 0.4) is 0 Å². The molecule has 0 saturated heterocycles. The van der Waals surface area contributed by atoms with E-state index in [1.165, 1.54) is 37.7 Å². The van der Waals surface area contributed by atoms with Gasteiger partial charge in [-0.2, -0.15) is 0 Å². The summed E-state index contributed by atoms with van der Waals surface area (Å²) >= 11 is 0. The second-order valence-electron chi connectivity index (χ2n) is 6.52. The van der Waals surface area contributed by atoms with Crippen molar-refractivity contribution in [1.29, 1.82) is 0 Å². The van der Waals surface area contributed by atoms with Crippen LogP contribution < -0.4 is 5.32 Å². The summed E-state index contributed by atoms with van der Waals surface area (Å²) in [6.07, 6.45) is 6.95. The molecule has 1 N–H and O–H groups in total. The van der Waals surface area contributed by atoms with Crippen molar-refractivity contribution in [3.8, 4) is 0 Å². The molecule has 0 amide bonds. The lowest BCUT2D eigenvalue weighted by Gasteiger charge is -2.31. The Morgan fingerprint density at radius 1 is 1.00 bits per heavy atom. The predicted molar refractivity (Wildman–Crippen MR) is 83.2 cm³/mol. The Balaban J connectivity index is 2.08. The first-order valence-corrected chi connectivity index (χ1v) is 7.99. The molecule has 1 saturated carbocycles. The first-order chi connectivity index (χ1) is 9.18. The molecular formula is C18H29N. The molecule has 1 aliphatic carbocycles. The largest absolute Gasteiger partial charge is 0.307 e. The van der Waals surface area contributed by atoms with Crippen LogP contribution in [0.4, 0.5) is 0 Å². The van der Waals surface area contributed by atoms with Crippen molar-refractivity contribution in [3.05, 3.63) is 35.9 Å². The second kappa shape index (κ2) is 7.09. The van der Waals surface area contributed by atoms with Gasteiger partial charge in [0.15, 0.2) is 0 Å². The normalized spacial score (nSPS) is 26.1. The standard InChI is InChI=1S/C18H29N/c1-14(2)18(16-11-7-5-8-12-16)19-17-13-9-4-6-10-15(17)3/h5,7-8,11-12,14-15,17-19H,4,6,9-10,13H2,1-3H3. The predicted octanol–water partition coefficient (Wildman–Crippen LogP) is 4.94. The van der Waals surface area contributed by atoms with Crippen LogP contribution in [0.5, 0.6) is 0 Å². The van der Waals surface area contributed by atoms with E-state index in [-0.39, 0.29) is 0 Å². The van der Waals surface area contributed by atoms with Gasteiger partial charge in [0.05, 0.1) is 0 Å². The van der Waals surface area contributed by atoms with Gasteiger partial charge in [-0.3, -0.25) is 0 Å². The minimum absolute atomic E-state index is 0.492. The van der Waals surface area contributed by atoms with Crippen LogP contribution in [0.25, 0.3) is 0 Å². The topological polar surface area (TPSA) is 12.0 Å². The summed E-state index contributed by atoms with van der Waals surface area (Å²) < 4.78 is 0. The Morgan fingerprint density at radius 2 is 1.68 bits per heavy atom. The van der Waals surface area contributed by atoms with Crippen LogP contribution in [0.2, 0.25) is 0 Å². The number of hydrogen-bond acceptors (Lipinski definition) is 1. The fraction of sp³-hybridized carbons (Fsp3) is 0.667. The van der Waals surface area contributed by atoms with E-state index in [2.05, 4.69) is 56.4 Å². The quantitative estimate of drug-likeness (QED) is 0.755. The Hall–Kier alpha value is -0.820. The summed E-state index contributed by atoms with van der Waals surface area (Å²) in [7, 11) is 0. The molecule has 3 atom stereocenters. The Bertz CT molecular complexity index is 357. The fourth-order valence-corrected chi connectivity index (χ4v) is 3.31. The molecule has 0 radical (unpaired) electrons. The molecule has 19 heavy (non-hydrogen) atoms. The highest BCUT2D eigenvalue weighted by Gasteiger charge is 2.24. The van der Waals surface area contributed by atoms with E-state index in [4.69, 9.17) is 0 Å². The van der Waals surface area contributed by atoms with Gasteiger partial charge in [-0.05, 0) is 30.2 Å². The maximum atomic E-state index is 3.96. The van der Waals surface area contributed by atoms with Crippen LogP contribution in [-0.4, -0.2) is 6.04 Å². The zero-order valence-electron chi connectivity index (χ0n) is 12.7. The number of benzene rings is 1. The molecule has 0 bridgehead atoms. The fourth-order valence-electron chi connectivity index (χ4n) is 3.31. The molecule has 1 fully saturated rings. The molecule has 1 nitrogen and oxygen atoms in total. The van der Waals surface area contributed by atoms with Crippen molar-refractivity contribution < 1.29 is 0 Å². The summed E-state index contributed by atoms with van der Waals surface area (Å²) in [6, 6.07) is 12.1. The highest BCUT2D eigenvalue weighted by Crippen LogP contribution is 2.28. The van der Waals surface area contributed by atoms with Crippen molar-refractivity contribution in [2.45, 2.75) is 65.0 Å². The highest BCUT2D eigenvalue weighted by atomic mass is 15.0. The lowest BCUT2D eigenvalue weighted by atomic mass is 9.91. The highest BCUT2D eigenvalue weighted by molar-refractivity contribution is 5.19.